The van der Waals surface area contributed by atoms with Crippen LogP contribution in [-0.2, 0) is 4.79 Å². The van der Waals surface area contributed by atoms with Crippen LogP contribution in [0.25, 0.3) is 0 Å². The Morgan fingerprint density at radius 2 is 1.75 bits per heavy atom. The molecule has 1 aromatic carbocycles. The summed E-state index contributed by atoms with van der Waals surface area (Å²) in [4.78, 5) is 27.9. The maximum Gasteiger partial charge on any atom is 0.271 e. The molecule has 0 bridgehead atoms. The summed E-state index contributed by atoms with van der Waals surface area (Å²) in [5.41, 5.74) is 0.543. The van der Waals surface area contributed by atoms with Gasteiger partial charge in [-0.1, -0.05) is 45.5 Å². The first-order valence-electron chi connectivity index (χ1n) is 6.60. The smallest absolute Gasteiger partial charge is 0.271 e. The largest absolute Gasteiger partial charge is 0.319 e. The van der Waals surface area contributed by atoms with Gasteiger partial charge in [0.25, 0.3) is 11.8 Å². The van der Waals surface area contributed by atoms with Gasteiger partial charge in [-0.25, -0.2) is 0 Å². The summed E-state index contributed by atoms with van der Waals surface area (Å²) in [6.45, 7) is 9.81. The Morgan fingerprint density at radius 1 is 1.20 bits per heavy atom. The molecule has 4 heteroatoms. The van der Waals surface area contributed by atoms with E-state index in [1.54, 1.807) is 24.1 Å². The minimum absolute atomic E-state index is 0.187. The van der Waals surface area contributed by atoms with E-state index in [0.717, 1.165) is 0 Å². The summed E-state index contributed by atoms with van der Waals surface area (Å²) in [6.07, 6.45) is -0.324. The lowest BCUT2D eigenvalue weighted by molar-refractivity contribution is -0.126. The molecule has 0 saturated carbocycles. The van der Waals surface area contributed by atoms with E-state index in [1.165, 1.54) is 4.90 Å². The lowest BCUT2D eigenvalue weighted by Crippen LogP contribution is -2.48. The van der Waals surface area contributed by atoms with Crippen LogP contribution in [0.5, 0.6) is 0 Å². The zero-order chi connectivity index (χ0) is 15.1. The van der Waals surface area contributed by atoms with E-state index in [4.69, 9.17) is 0 Å². The second-order valence-corrected chi connectivity index (χ2v) is 6.14. The second-order valence-electron chi connectivity index (χ2n) is 6.14. The van der Waals surface area contributed by atoms with Crippen LogP contribution in [0.3, 0.4) is 0 Å². The van der Waals surface area contributed by atoms with Crippen LogP contribution < -0.4 is 0 Å². The van der Waals surface area contributed by atoms with Crippen molar-refractivity contribution in [1.29, 1.82) is 0 Å². The minimum atomic E-state index is -0.324. The zero-order valence-corrected chi connectivity index (χ0v) is 12.4. The first-order valence-corrected chi connectivity index (χ1v) is 6.60. The summed E-state index contributed by atoms with van der Waals surface area (Å²) in [5.74, 6) is -0.387. The molecule has 0 aliphatic carbocycles. The molecule has 1 saturated heterocycles. The average molecular weight is 272 g/mol. The van der Waals surface area contributed by atoms with Crippen LogP contribution in [0, 0.1) is 5.41 Å². The van der Waals surface area contributed by atoms with Gasteiger partial charge in [-0.15, -0.1) is 0 Å². The highest BCUT2D eigenvalue weighted by atomic mass is 16.2. The molecule has 1 fully saturated rings. The van der Waals surface area contributed by atoms with Crippen molar-refractivity contribution in [1.82, 2.24) is 9.80 Å². The molecule has 1 heterocycles. The number of rotatable bonds is 1. The molecule has 20 heavy (non-hydrogen) atoms. The maximum absolute atomic E-state index is 12.7. The van der Waals surface area contributed by atoms with Gasteiger partial charge in [0, 0.05) is 18.0 Å². The van der Waals surface area contributed by atoms with Crippen molar-refractivity contribution < 1.29 is 9.59 Å². The number of amides is 2. The molecule has 0 aromatic heterocycles. The minimum Gasteiger partial charge on any atom is -0.319 e. The third kappa shape index (κ3) is 2.22. The van der Waals surface area contributed by atoms with Crippen LogP contribution in [-0.4, -0.2) is 34.8 Å². The Hall–Kier alpha value is -2.10. The number of nitrogens with zero attached hydrogens (tertiary/aromatic N) is 2. The van der Waals surface area contributed by atoms with E-state index in [2.05, 4.69) is 6.58 Å². The Balaban J connectivity index is 2.45. The van der Waals surface area contributed by atoms with Crippen LogP contribution in [0.4, 0.5) is 0 Å². The number of benzene rings is 1. The summed E-state index contributed by atoms with van der Waals surface area (Å²) in [6, 6.07) is 8.97. The Bertz CT molecular complexity index is 558. The number of carbonyl (C=O) groups is 2. The lowest BCUT2D eigenvalue weighted by Gasteiger charge is -2.37. The highest BCUT2D eigenvalue weighted by molar-refractivity contribution is 6.05. The Labute approximate surface area is 119 Å². The van der Waals surface area contributed by atoms with E-state index in [1.807, 2.05) is 39.0 Å². The van der Waals surface area contributed by atoms with Crippen molar-refractivity contribution in [2.24, 2.45) is 5.41 Å². The summed E-state index contributed by atoms with van der Waals surface area (Å²) in [7, 11) is 1.71. The molecule has 0 radical (unpaired) electrons. The van der Waals surface area contributed by atoms with Crippen LogP contribution in [0.2, 0.25) is 0 Å². The summed E-state index contributed by atoms with van der Waals surface area (Å²) >= 11 is 0. The molecule has 0 N–H and O–H groups in total. The standard InChI is InChI=1S/C16H20N2O2/c1-11-13(19)17(5)15(16(2,3)4)18(11)14(20)12-9-7-6-8-10-12/h6-10,15H,1H2,2-5H3/t15-/m1/s1. The molecule has 4 nitrogen and oxygen atoms in total. The molecule has 2 rings (SSSR count). The lowest BCUT2D eigenvalue weighted by atomic mass is 9.91. The number of hydrogen-bond donors (Lipinski definition) is 0. The maximum atomic E-state index is 12.7. The van der Waals surface area contributed by atoms with Gasteiger partial charge in [-0.05, 0) is 12.1 Å². The zero-order valence-electron chi connectivity index (χ0n) is 12.4. The predicted octanol–water partition coefficient (Wildman–Crippen LogP) is 2.49. The molecule has 0 spiro atoms. The van der Waals surface area contributed by atoms with Crippen molar-refractivity contribution in [2.75, 3.05) is 7.05 Å². The van der Waals surface area contributed by atoms with Gasteiger partial charge in [-0.3, -0.25) is 14.5 Å². The predicted molar refractivity (Wildman–Crippen MR) is 77.8 cm³/mol. The van der Waals surface area contributed by atoms with Crippen LogP contribution in [0.15, 0.2) is 42.6 Å². The van der Waals surface area contributed by atoms with Gasteiger partial charge in [0.05, 0.1) is 0 Å². The van der Waals surface area contributed by atoms with Crippen LogP contribution >= 0.6 is 0 Å². The molecule has 1 aromatic rings. The highest BCUT2D eigenvalue weighted by Gasteiger charge is 2.47. The molecule has 1 aliphatic rings. The van der Waals surface area contributed by atoms with E-state index >= 15 is 0 Å². The van der Waals surface area contributed by atoms with Crippen LogP contribution in [0.1, 0.15) is 31.1 Å². The molecule has 0 unspecified atom stereocenters. The van der Waals surface area contributed by atoms with Crippen molar-refractivity contribution in [3.05, 3.63) is 48.2 Å². The van der Waals surface area contributed by atoms with Crippen molar-refractivity contribution in [3.63, 3.8) is 0 Å². The fourth-order valence-electron chi connectivity index (χ4n) is 2.66. The van der Waals surface area contributed by atoms with Gasteiger partial charge < -0.3 is 4.90 Å². The normalized spacial score (nSPS) is 19.7. The summed E-state index contributed by atoms with van der Waals surface area (Å²) < 4.78 is 0. The quantitative estimate of drug-likeness (QED) is 0.737. The van der Waals surface area contributed by atoms with Gasteiger partial charge in [-0.2, -0.15) is 0 Å². The third-order valence-corrected chi connectivity index (χ3v) is 3.48. The highest BCUT2D eigenvalue weighted by Crippen LogP contribution is 2.35. The molecule has 2 amide bonds. The Morgan fingerprint density at radius 3 is 2.25 bits per heavy atom. The Kier molecular flexibility index (Phi) is 3.42. The SMILES string of the molecule is C=C1C(=O)N(C)[C@@H](C(C)(C)C)N1C(=O)c1ccccc1. The molecule has 106 valence electrons. The van der Waals surface area contributed by atoms with Gasteiger partial charge in [0.1, 0.15) is 11.9 Å². The van der Waals surface area contributed by atoms with E-state index in [9.17, 15) is 9.59 Å². The molecular weight excluding hydrogens is 252 g/mol. The molecule has 1 atom stereocenters. The average Bonchev–Trinajstić information content (AvgIpc) is 2.63. The van der Waals surface area contributed by atoms with Crippen molar-refractivity contribution in [3.8, 4) is 0 Å². The van der Waals surface area contributed by atoms with Gasteiger partial charge >= 0.3 is 0 Å². The van der Waals surface area contributed by atoms with E-state index in [0.29, 0.717) is 5.56 Å². The van der Waals surface area contributed by atoms with Gasteiger partial charge in [0.15, 0.2) is 0 Å². The van der Waals surface area contributed by atoms with E-state index in [-0.39, 0.29) is 29.1 Å². The van der Waals surface area contributed by atoms with E-state index < -0.39 is 0 Å². The first-order chi connectivity index (χ1) is 9.25. The van der Waals surface area contributed by atoms with Crippen molar-refractivity contribution >= 4 is 11.8 Å². The second kappa shape index (κ2) is 4.78. The fourth-order valence-corrected chi connectivity index (χ4v) is 2.66. The fraction of sp³-hybridized carbons (Fsp3) is 0.375. The first kappa shape index (κ1) is 14.3. The number of hydrogen-bond acceptors (Lipinski definition) is 2. The monoisotopic (exact) mass is 272 g/mol. The number of likely N-dealkylation sites (N-methyl/N-ethyl adjacent to an activating group) is 1. The molecular formula is C16H20N2O2. The van der Waals surface area contributed by atoms with Gasteiger partial charge in [0.2, 0.25) is 0 Å². The molecule has 1 aliphatic heterocycles. The third-order valence-electron chi connectivity index (χ3n) is 3.48. The summed E-state index contributed by atoms with van der Waals surface area (Å²) in [5, 5.41) is 0. The topological polar surface area (TPSA) is 40.6 Å². The number of carbonyl (C=O) groups excluding carboxylic acids is 2. The van der Waals surface area contributed by atoms with Crippen molar-refractivity contribution in [2.45, 2.75) is 26.9 Å².